The van der Waals surface area contributed by atoms with Gasteiger partial charge in [0.15, 0.2) is 0 Å². The third-order valence-electron chi connectivity index (χ3n) is 4.72. The molecule has 2 saturated carbocycles. The van der Waals surface area contributed by atoms with Gasteiger partial charge >= 0.3 is 0 Å². The fourth-order valence-electron chi connectivity index (χ4n) is 3.89. The van der Waals surface area contributed by atoms with Crippen LogP contribution in [-0.2, 0) is 4.74 Å². The summed E-state index contributed by atoms with van der Waals surface area (Å²) in [5.74, 6) is 3.28. The molecular formula is C15H17NO. The van der Waals surface area contributed by atoms with E-state index in [0.29, 0.717) is 12.0 Å². The van der Waals surface area contributed by atoms with Crippen LogP contribution in [0.2, 0.25) is 0 Å². The molecule has 3 aliphatic rings. The van der Waals surface area contributed by atoms with Crippen LogP contribution in [-0.4, -0.2) is 18.5 Å². The van der Waals surface area contributed by atoms with E-state index in [0.717, 1.165) is 29.8 Å². The molecule has 1 aromatic carbocycles. The first-order valence-electron chi connectivity index (χ1n) is 6.68. The maximum Gasteiger partial charge on any atom is 0.216 e. The first-order chi connectivity index (χ1) is 8.42. The smallest absolute Gasteiger partial charge is 0.216 e. The van der Waals surface area contributed by atoms with Gasteiger partial charge in [-0.25, -0.2) is 0 Å². The van der Waals surface area contributed by atoms with Crippen LogP contribution in [0.3, 0.4) is 0 Å². The van der Waals surface area contributed by atoms with E-state index >= 15 is 0 Å². The Morgan fingerprint density at radius 2 is 1.88 bits per heavy atom. The Labute approximate surface area is 102 Å². The molecule has 0 amide bonds. The molecule has 4 atom stereocenters. The van der Waals surface area contributed by atoms with Crippen molar-refractivity contribution in [2.75, 3.05) is 6.54 Å². The van der Waals surface area contributed by atoms with Gasteiger partial charge in [0.05, 0.1) is 0 Å². The molecule has 1 heterocycles. The second-order valence-corrected chi connectivity index (χ2v) is 5.59. The van der Waals surface area contributed by atoms with Gasteiger partial charge in [-0.05, 0) is 43.2 Å². The summed E-state index contributed by atoms with van der Waals surface area (Å²) in [6.45, 7) is 0.982. The Kier molecular flexibility index (Phi) is 2.05. The number of benzene rings is 1. The number of fused-ring (bicyclic) bond motifs is 5. The molecule has 1 aromatic rings. The normalized spacial score (nSPS) is 38.5. The van der Waals surface area contributed by atoms with Crippen LogP contribution in [0.5, 0.6) is 0 Å². The standard InChI is InChI=1S/C15H17NO/c1-2-4-10(5-3-1)15-16-9-13-11-6-7-12(8-11)14(13)17-15/h1-5,11-14H,6-9H2/t11-,12+,13+,14-/m0/s1. The second kappa shape index (κ2) is 3.59. The molecule has 2 aliphatic carbocycles. The van der Waals surface area contributed by atoms with E-state index in [9.17, 15) is 0 Å². The second-order valence-electron chi connectivity index (χ2n) is 5.59. The van der Waals surface area contributed by atoms with Gasteiger partial charge in [0.2, 0.25) is 5.90 Å². The third kappa shape index (κ3) is 1.43. The van der Waals surface area contributed by atoms with Crippen molar-refractivity contribution in [3.63, 3.8) is 0 Å². The molecular weight excluding hydrogens is 210 g/mol. The van der Waals surface area contributed by atoms with E-state index in [2.05, 4.69) is 17.1 Å². The van der Waals surface area contributed by atoms with Gasteiger partial charge in [-0.15, -0.1) is 0 Å². The number of ether oxygens (including phenoxy) is 1. The molecule has 0 radical (unpaired) electrons. The predicted molar refractivity (Wildman–Crippen MR) is 67.0 cm³/mol. The largest absolute Gasteiger partial charge is 0.473 e. The van der Waals surface area contributed by atoms with E-state index in [1.165, 1.54) is 19.3 Å². The lowest BCUT2D eigenvalue weighted by atomic mass is 9.85. The number of rotatable bonds is 1. The van der Waals surface area contributed by atoms with Gasteiger partial charge in [0.25, 0.3) is 0 Å². The number of hydrogen-bond acceptors (Lipinski definition) is 2. The van der Waals surface area contributed by atoms with E-state index in [4.69, 9.17) is 4.74 Å². The van der Waals surface area contributed by atoms with E-state index in [-0.39, 0.29) is 0 Å². The molecule has 88 valence electrons. The van der Waals surface area contributed by atoms with Gasteiger partial charge in [-0.3, -0.25) is 4.99 Å². The first-order valence-corrected chi connectivity index (χ1v) is 6.68. The zero-order valence-electron chi connectivity index (χ0n) is 9.88. The van der Waals surface area contributed by atoms with Crippen LogP contribution in [0.25, 0.3) is 0 Å². The molecule has 4 rings (SSSR count). The van der Waals surface area contributed by atoms with Crippen molar-refractivity contribution in [1.29, 1.82) is 0 Å². The average Bonchev–Trinajstić information content (AvgIpc) is 3.01. The van der Waals surface area contributed by atoms with Crippen molar-refractivity contribution in [2.45, 2.75) is 25.4 Å². The number of aliphatic imine (C=N–C) groups is 1. The van der Waals surface area contributed by atoms with Crippen molar-refractivity contribution in [3.05, 3.63) is 35.9 Å². The van der Waals surface area contributed by atoms with Crippen molar-refractivity contribution < 1.29 is 4.74 Å². The summed E-state index contributed by atoms with van der Waals surface area (Å²) >= 11 is 0. The fourth-order valence-corrected chi connectivity index (χ4v) is 3.89. The molecule has 2 fully saturated rings. The van der Waals surface area contributed by atoms with Crippen LogP contribution < -0.4 is 0 Å². The summed E-state index contributed by atoms with van der Waals surface area (Å²) in [6.07, 6.45) is 4.62. The van der Waals surface area contributed by atoms with Gasteiger partial charge in [-0.2, -0.15) is 0 Å². The summed E-state index contributed by atoms with van der Waals surface area (Å²) in [5.41, 5.74) is 1.13. The molecule has 0 aromatic heterocycles. The molecule has 0 unspecified atom stereocenters. The van der Waals surface area contributed by atoms with Crippen LogP contribution in [0, 0.1) is 17.8 Å². The van der Waals surface area contributed by atoms with Gasteiger partial charge in [-0.1, -0.05) is 18.2 Å². The highest BCUT2D eigenvalue weighted by molar-refractivity contribution is 5.94. The fraction of sp³-hybridized carbons (Fsp3) is 0.533. The Bertz CT molecular complexity index is 453. The highest BCUT2D eigenvalue weighted by Crippen LogP contribution is 2.51. The molecule has 0 spiro atoms. The molecule has 2 heteroatoms. The zero-order valence-corrected chi connectivity index (χ0v) is 9.88. The molecule has 2 bridgehead atoms. The van der Waals surface area contributed by atoms with Crippen LogP contribution >= 0.6 is 0 Å². The van der Waals surface area contributed by atoms with Gasteiger partial charge < -0.3 is 4.74 Å². The number of nitrogens with zero attached hydrogens (tertiary/aromatic N) is 1. The van der Waals surface area contributed by atoms with E-state index in [1.807, 2.05) is 18.2 Å². The first kappa shape index (κ1) is 9.69. The summed E-state index contributed by atoms with van der Waals surface area (Å²) in [7, 11) is 0. The van der Waals surface area contributed by atoms with Crippen molar-refractivity contribution in [1.82, 2.24) is 0 Å². The third-order valence-corrected chi connectivity index (χ3v) is 4.72. The van der Waals surface area contributed by atoms with Crippen molar-refractivity contribution in [3.8, 4) is 0 Å². The Morgan fingerprint density at radius 3 is 2.76 bits per heavy atom. The summed E-state index contributed by atoms with van der Waals surface area (Å²) in [5, 5.41) is 0. The zero-order chi connectivity index (χ0) is 11.2. The Hall–Kier alpha value is -1.31. The molecule has 17 heavy (non-hydrogen) atoms. The Morgan fingerprint density at radius 1 is 1.06 bits per heavy atom. The maximum absolute atomic E-state index is 6.18. The summed E-state index contributed by atoms with van der Waals surface area (Å²) in [4.78, 5) is 4.66. The quantitative estimate of drug-likeness (QED) is 0.723. The van der Waals surface area contributed by atoms with E-state index < -0.39 is 0 Å². The van der Waals surface area contributed by atoms with Crippen molar-refractivity contribution >= 4 is 5.90 Å². The number of hydrogen-bond donors (Lipinski definition) is 0. The van der Waals surface area contributed by atoms with Crippen LogP contribution in [0.4, 0.5) is 0 Å². The lowest BCUT2D eigenvalue weighted by Crippen LogP contribution is -2.38. The maximum atomic E-state index is 6.18. The summed E-state index contributed by atoms with van der Waals surface area (Å²) < 4.78 is 6.18. The minimum absolute atomic E-state index is 0.460. The molecule has 0 saturated heterocycles. The monoisotopic (exact) mass is 227 g/mol. The highest BCUT2D eigenvalue weighted by atomic mass is 16.5. The minimum atomic E-state index is 0.460. The highest BCUT2D eigenvalue weighted by Gasteiger charge is 2.50. The van der Waals surface area contributed by atoms with Gasteiger partial charge in [0, 0.05) is 18.0 Å². The van der Waals surface area contributed by atoms with Crippen LogP contribution in [0.15, 0.2) is 35.3 Å². The summed E-state index contributed by atoms with van der Waals surface area (Å²) in [6, 6.07) is 10.3. The van der Waals surface area contributed by atoms with Crippen molar-refractivity contribution in [2.24, 2.45) is 22.7 Å². The van der Waals surface area contributed by atoms with E-state index in [1.54, 1.807) is 0 Å². The lowest BCUT2D eigenvalue weighted by molar-refractivity contribution is 0.0624. The SMILES string of the molecule is c1ccc(C2=NC[C@@H]3[C@H]4CC[C@H](C4)[C@@H]3O2)cc1. The molecule has 2 nitrogen and oxygen atoms in total. The predicted octanol–water partition coefficient (Wildman–Crippen LogP) is 2.88. The molecule has 0 N–H and O–H groups in total. The topological polar surface area (TPSA) is 21.6 Å². The van der Waals surface area contributed by atoms with Gasteiger partial charge in [0.1, 0.15) is 6.10 Å². The Balaban J connectivity index is 1.63. The minimum Gasteiger partial charge on any atom is -0.473 e. The average molecular weight is 227 g/mol. The lowest BCUT2D eigenvalue weighted by Gasteiger charge is -2.34. The molecule has 1 aliphatic heterocycles. The van der Waals surface area contributed by atoms with Crippen LogP contribution in [0.1, 0.15) is 24.8 Å².